The van der Waals surface area contributed by atoms with E-state index < -0.39 is 11.6 Å². The number of methoxy groups -OCH3 is 1. The van der Waals surface area contributed by atoms with Crippen LogP contribution in [0.3, 0.4) is 0 Å². The Labute approximate surface area is 150 Å². The highest BCUT2D eigenvalue weighted by molar-refractivity contribution is 6.53. The number of Topliss-reactive ketones (excluding diaryl/α,β-unsaturated/α-hetero) is 2. The van der Waals surface area contributed by atoms with E-state index >= 15 is 0 Å². The number of ether oxygens (including phenoxy) is 1. The molecule has 1 aromatic heterocycles. The fraction of sp³-hybridized carbons (Fsp3) is 0.350. The smallest absolute Gasteiger partial charge is 0.289 e. The average molecular weight is 353 g/mol. The number of nitrogens with zero attached hydrogens (tertiary/aromatic N) is 1. The first kappa shape index (κ1) is 16.7. The van der Waals surface area contributed by atoms with Crippen LogP contribution in [0.2, 0.25) is 0 Å². The molecule has 2 aromatic rings. The predicted octanol–water partition coefficient (Wildman–Crippen LogP) is 2.89. The minimum absolute atomic E-state index is 0.142. The lowest BCUT2D eigenvalue weighted by Gasteiger charge is -2.30. The van der Waals surface area contributed by atoms with Gasteiger partial charge >= 0.3 is 0 Å². The van der Waals surface area contributed by atoms with E-state index in [2.05, 4.69) is 0 Å². The number of benzene rings is 1. The van der Waals surface area contributed by atoms with Gasteiger partial charge in [0.25, 0.3) is 5.91 Å². The summed E-state index contributed by atoms with van der Waals surface area (Å²) in [5.41, 5.74) is 1.53. The average Bonchev–Trinajstić information content (AvgIpc) is 3.03. The molecule has 0 atom stereocenters. The normalized spacial score (nSPS) is 17.2. The summed E-state index contributed by atoms with van der Waals surface area (Å²) in [7, 11) is 1.67. The number of furan rings is 1. The summed E-state index contributed by atoms with van der Waals surface area (Å²) in [5.74, 6) is -0.959. The van der Waals surface area contributed by atoms with E-state index in [1.807, 2.05) is 0 Å². The zero-order valence-electron chi connectivity index (χ0n) is 14.7. The highest BCUT2D eigenvalue weighted by atomic mass is 16.5. The van der Waals surface area contributed by atoms with Gasteiger partial charge in [0.2, 0.25) is 11.6 Å². The molecule has 134 valence electrons. The van der Waals surface area contributed by atoms with E-state index in [0.29, 0.717) is 35.5 Å². The van der Waals surface area contributed by atoms with Crippen LogP contribution in [0.4, 0.5) is 0 Å². The number of likely N-dealkylation sites (tertiary alicyclic amines) is 1. The number of carbonyl (C=O) groups is 3. The summed E-state index contributed by atoms with van der Waals surface area (Å²) in [6, 6.07) is 6.82. The van der Waals surface area contributed by atoms with Gasteiger partial charge in [0.15, 0.2) is 5.76 Å². The molecule has 1 aliphatic carbocycles. The van der Waals surface area contributed by atoms with Crippen LogP contribution in [0.15, 0.2) is 28.7 Å². The number of carbonyl (C=O) groups excluding carboxylic acids is 3. The SMILES string of the molecule is COC1CCN(C(=O)c2oc3c(c2C)C(=O)C(=O)c2ccccc2-3)CC1. The third-order valence-electron chi connectivity index (χ3n) is 5.25. The fourth-order valence-electron chi connectivity index (χ4n) is 3.73. The van der Waals surface area contributed by atoms with Gasteiger partial charge in [-0.1, -0.05) is 24.3 Å². The summed E-state index contributed by atoms with van der Waals surface area (Å²) in [6.45, 7) is 2.81. The predicted molar refractivity (Wildman–Crippen MR) is 93.5 cm³/mol. The first-order valence-corrected chi connectivity index (χ1v) is 8.66. The Bertz CT molecular complexity index is 918. The van der Waals surface area contributed by atoms with Crippen LogP contribution in [0.5, 0.6) is 0 Å². The Hall–Kier alpha value is -2.73. The minimum atomic E-state index is -0.614. The maximum absolute atomic E-state index is 12.9. The topological polar surface area (TPSA) is 76.8 Å². The van der Waals surface area contributed by atoms with Crippen LogP contribution in [0, 0.1) is 6.92 Å². The lowest BCUT2D eigenvalue weighted by atomic mass is 9.87. The summed E-state index contributed by atoms with van der Waals surface area (Å²) < 4.78 is 11.2. The second kappa shape index (κ2) is 6.21. The van der Waals surface area contributed by atoms with Crippen molar-refractivity contribution in [1.29, 1.82) is 0 Å². The number of piperidine rings is 1. The third-order valence-corrected chi connectivity index (χ3v) is 5.25. The molecule has 1 fully saturated rings. The van der Waals surface area contributed by atoms with Gasteiger partial charge in [-0.2, -0.15) is 0 Å². The van der Waals surface area contributed by atoms with Crippen molar-refractivity contribution in [3.05, 3.63) is 46.7 Å². The summed E-state index contributed by atoms with van der Waals surface area (Å²) in [6.07, 6.45) is 1.69. The molecule has 4 rings (SSSR count). The minimum Gasteiger partial charge on any atom is -0.450 e. The third kappa shape index (κ3) is 2.41. The van der Waals surface area contributed by atoms with Crippen molar-refractivity contribution in [2.24, 2.45) is 0 Å². The van der Waals surface area contributed by atoms with E-state index in [9.17, 15) is 14.4 Å². The molecule has 2 aliphatic rings. The zero-order chi connectivity index (χ0) is 18.4. The molecule has 1 aliphatic heterocycles. The van der Waals surface area contributed by atoms with E-state index in [-0.39, 0.29) is 23.3 Å². The van der Waals surface area contributed by atoms with Gasteiger partial charge in [-0.3, -0.25) is 14.4 Å². The van der Waals surface area contributed by atoms with E-state index in [1.165, 1.54) is 0 Å². The maximum atomic E-state index is 12.9. The van der Waals surface area contributed by atoms with E-state index in [1.54, 1.807) is 43.2 Å². The quantitative estimate of drug-likeness (QED) is 0.776. The molecule has 0 saturated carbocycles. The Balaban J connectivity index is 1.74. The summed E-state index contributed by atoms with van der Waals surface area (Å²) >= 11 is 0. The van der Waals surface area contributed by atoms with Crippen molar-refractivity contribution < 1.29 is 23.5 Å². The van der Waals surface area contributed by atoms with Crippen molar-refractivity contribution in [2.75, 3.05) is 20.2 Å². The molecule has 1 amide bonds. The Kier molecular flexibility index (Phi) is 4.00. The van der Waals surface area contributed by atoms with Crippen LogP contribution in [-0.4, -0.2) is 48.7 Å². The van der Waals surface area contributed by atoms with Crippen molar-refractivity contribution in [3.63, 3.8) is 0 Å². The monoisotopic (exact) mass is 353 g/mol. The summed E-state index contributed by atoms with van der Waals surface area (Å²) in [4.78, 5) is 39.6. The van der Waals surface area contributed by atoms with Crippen LogP contribution < -0.4 is 0 Å². The first-order chi connectivity index (χ1) is 12.5. The largest absolute Gasteiger partial charge is 0.450 e. The lowest BCUT2D eigenvalue weighted by molar-refractivity contribution is 0.0334. The van der Waals surface area contributed by atoms with Crippen molar-refractivity contribution in [2.45, 2.75) is 25.9 Å². The van der Waals surface area contributed by atoms with Gasteiger partial charge in [-0.15, -0.1) is 0 Å². The number of ketones is 2. The zero-order valence-corrected chi connectivity index (χ0v) is 14.7. The molecular formula is C20H19NO5. The second-order valence-electron chi connectivity index (χ2n) is 6.69. The molecule has 26 heavy (non-hydrogen) atoms. The van der Waals surface area contributed by atoms with Crippen LogP contribution in [0.25, 0.3) is 11.3 Å². The van der Waals surface area contributed by atoms with E-state index in [0.717, 1.165) is 12.8 Å². The fourth-order valence-corrected chi connectivity index (χ4v) is 3.73. The van der Waals surface area contributed by atoms with Gasteiger partial charge in [-0.05, 0) is 19.8 Å². The van der Waals surface area contributed by atoms with Crippen molar-refractivity contribution in [1.82, 2.24) is 4.90 Å². The molecule has 0 bridgehead atoms. The highest BCUT2D eigenvalue weighted by Gasteiger charge is 2.38. The number of fused-ring (bicyclic) bond motifs is 3. The number of rotatable bonds is 2. The molecule has 1 aromatic carbocycles. The molecule has 0 N–H and O–H groups in total. The van der Waals surface area contributed by atoms with Gasteiger partial charge in [0.05, 0.1) is 11.7 Å². The standard InChI is InChI=1S/C20H19NO5/c1-11-15-17(23)16(22)13-5-3-4-6-14(13)19(15)26-18(11)20(24)21-9-7-12(25-2)8-10-21/h3-6,12H,7-10H2,1-2H3. The Morgan fingerprint density at radius 3 is 2.42 bits per heavy atom. The molecule has 1 saturated heterocycles. The summed E-state index contributed by atoms with van der Waals surface area (Å²) in [5, 5.41) is 0. The molecule has 2 heterocycles. The maximum Gasteiger partial charge on any atom is 0.289 e. The van der Waals surface area contributed by atoms with Crippen LogP contribution in [0.1, 0.15) is 49.7 Å². The first-order valence-electron chi connectivity index (χ1n) is 8.66. The lowest BCUT2D eigenvalue weighted by Crippen LogP contribution is -2.40. The van der Waals surface area contributed by atoms with Crippen molar-refractivity contribution >= 4 is 17.5 Å². The van der Waals surface area contributed by atoms with Gasteiger partial charge in [0.1, 0.15) is 5.76 Å². The molecule has 6 heteroatoms. The number of hydrogen-bond acceptors (Lipinski definition) is 5. The van der Waals surface area contributed by atoms with E-state index in [4.69, 9.17) is 9.15 Å². The molecule has 0 unspecified atom stereocenters. The number of amides is 1. The second-order valence-corrected chi connectivity index (χ2v) is 6.69. The van der Waals surface area contributed by atoms with Crippen molar-refractivity contribution in [3.8, 4) is 11.3 Å². The van der Waals surface area contributed by atoms with Gasteiger partial charge < -0.3 is 14.1 Å². The highest BCUT2D eigenvalue weighted by Crippen LogP contribution is 2.38. The molecule has 0 spiro atoms. The molecule has 6 nitrogen and oxygen atoms in total. The Morgan fingerprint density at radius 1 is 1.12 bits per heavy atom. The molecular weight excluding hydrogens is 334 g/mol. The van der Waals surface area contributed by atoms with Crippen LogP contribution in [-0.2, 0) is 4.74 Å². The van der Waals surface area contributed by atoms with Gasteiger partial charge in [0, 0.05) is 36.9 Å². The Morgan fingerprint density at radius 2 is 1.77 bits per heavy atom. The van der Waals surface area contributed by atoms with Gasteiger partial charge in [-0.25, -0.2) is 0 Å². The molecule has 0 radical (unpaired) electrons. The number of hydrogen-bond donors (Lipinski definition) is 0. The van der Waals surface area contributed by atoms with Crippen LogP contribution >= 0.6 is 0 Å².